The molecule has 0 spiro atoms. The number of hydrogen-bond donors (Lipinski definition) is 0. The van der Waals surface area contributed by atoms with Crippen molar-refractivity contribution in [2.24, 2.45) is 5.92 Å². The third-order valence-electron chi connectivity index (χ3n) is 7.46. The second-order valence-corrected chi connectivity index (χ2v) is 12.5. The van der Waals surface area contributed by atoms with Crippen LogP contribution in [0.25, 0.3) is 0 Å². The van der Waals surface area contributed by atoms with Crippen molar-refractivity contribution in [3.8, 4) is 0 Å². The molecule has 11 heteroatoms. The molecule has 1 aliphatic carbocycles. The smallest absolute Gasteiger partial charge is 0.378 e. The lowest BCUT2D eigenvalue weighted by molar-refractivity contribution is -0.172. The van der Waals surface area contributed by atoms with E-state index in [2.05, 4.69) is 0 Å². The van der Waals surface area contributed by atoms with Crippen LogP contribution in [0.4, 0.5) is 13.2 Å². The zero-order valence-electron chi connectivity index (χ0n) is 25.4. The van der Waals surface area contributed by atoms with Crippen LogP contribution in [0.3, 0.4) is 0 Å². The van der Waals surface area contributed by atoms with E-state index < -0.39 is 45.6 Å². The molecule has 0 amide bonds. The molecule has 0 bridgehead atoms. The highest BCUT2D eigenvalue weighted by Gasteiger charge is 2.52. The van der Waals surface area contributed by atoms with Gasteiger partial charge in [-0.3, -0.25) is 0 Å². The van der Waals surface area contributed by atoms with Crippen LogP contribution in [0.5, 0.6) is 0 Å². The van der Waals surface area contributed by atoms with Gasteiger partial charge in [0.25, 0.3) is 0 Å². The fourth-order valence-corrected chi connectivity index (χ4v) is 5.63. The van der Waals surface area contributed by atoms with Crippen molar-refractivity contribution in [2.75, 3.05) is 6.61 Å². The van der Waals surface area contributed by atoms with Crippen LogP contribution in [0, 0.1) is 5.92 Å². The number of rotatable bonds is 15. The van der Waals surface area contributed by atoms with Gasteiger partial charge in [-0.2, -0.15) is 21.6 Å². The molecule has 47 heavy (non-hydrogen) atoms. The Morgan fingerprint density at radius 3 is 1.40 bits per heavy atom. The SMILES string of the molecule is O=S(=O)(OC1=CC(COCc2ccccc2)C(OCc2ccccc2)C(OCc2ccccc2)C1OCc1ccccc1)C(F)(F)F. The molecule has 7 nitrogen and oxygen atoms in total. The minimum atomic E-state index is -6.05. The maximum atomic E-state index is 13.6. The second kappa shape index (κ2) is 16.2. The average molecular weight is 669 g/mol. The van der Waals surface area contributed by atoms with Crippen LogP contribution < -0.4 is 0 Å². The molecule has 248 valence electrons. The summed E-state index contributed by atoms with van der Waals surface area (Å²) in [5, 5.41) is 0. The van der Waals surface area contributed by atoms with Crippen LogP contribution in [0.15, 0.2) is 133 Å². The number of alkyl halides is 3. The second-order valence-electron chi connectivity index (χ2n) is 11.0. The average Bonchev–Trinajstić information content (AvgIpc) is 3.07. The van der Waals surface area contributed by atoms with Gasteiger partial charge in [-0.05, 0) is 28.3 Å². The molecule has 4 atom stereocenters. The summed E-state index contributed by atoms with van der Waals surface area (Å²) in [6.07, 6.45) is -2.03. The molecule has 0 aliphatic heterocycles. The van der Waals surface area contributed by atoms with Gasteiger partial charge in [0.05, 0.1) is 39.1 Å². The first kappa shape index (κ1) is 34.3. The first-order valence-corrected chi connectivity index (χ1v) is 16.4. The molecule has 0 N–H and O–H groups in total. The molecule has 0 radical (unpaired) electrons. The van der Waals surface area contributed by atoms with Gasteiger partial charge >= 0.3 is 15.6 Å². The number of benzene rings is 4. The Kier molecular flexibility index (Phi) is 11.8. The minimum absolute atomic E-state index is 0.0378. The van der Waals surface area contributed by atoms with E-state index >= 15 is 0 Å². The van der Waals surface area contributed by atoms with E-state index in [4.69, 9.17) is 23.1 Å². The van der Waals surface area contributed by atoms with E-state index in [1.165, 1.54) is 6.08 Å². The zero-order valence-corrected chi connectivity index (χ0v) is 26.2. The van der Waals surface area contributed by atoms with Gasteiger partial charge in [0, 0.05) is 5.92 Å². The Labute approximate surface area is 272 Å². The molecular weight excluding hydrogens is 633 g/mol. The third kappa shape index (κ3) is 9.75. The maximum absolute atomic E-state index is 13.6. The van der Waals surface area contributed by atoms with Crippen molar-refractivity contribution in [3.05, 3.63) is 155 Å². The van der Waals surface area contributed by atoms with Crippen molar-refractivity contribution in [1.82, 2.24) is 0 Å². The highest BCUT2D eigenvalue weighted by molar-refractivity contribution is 7.87. The Morgan fingerprint density at radius 2 is 0.957 bits per heavy atom. The minimum Gasteiger partial charge on any atom is -0.378 e. The Hall–Kier alpha value is -4.00. The number of ether oxygens (including phenoxy) is 4. The molecule has 0 heterocycles. The summed E-state index contributed by atoms with van der Waals surface area (Å²) in [5.41, 5.74) is -2.44. The maximum Gasteiger partial charge on any atom is 0.534 e. The van der Waals surface area contributed by atoms with Crippen LogP contribution in [0.2, 0.25) is 0 Å². The molecule has 0 fully saturated rings. The van der Waals surface area contributed by atoms with Crippen molar-refractivity contribution >= 4 is 10.1 Å². The molecule has 4 aromatic carbocycles. The summed E-state index contributed by atoms with van der Waals surface area (Å²) in [5.74, 6) is -1.33. The first-order chi connectivity index (χ1) is 22.7. The largest absolute Gasteiger partial charge is 0.534 e. The Morgan fingerprint density at radius 1 is 0.553 bits per heavy atom. The third-order valence-corrected chi connectivity index (χ3v) is 8.44. The van der Waals surface area contributed by atoms with Crippen LogP contribution >= 0.6 is 0 Å². The van der Waals surface area contributed by atoms with Crippen molar-refractivity contribution in [3.63, 3.8) is 0 Å². The van der Waals surface area contributed by atoms with E-state index in [-0.39, 0.29) is 33.0 Å². The summed E-state index contributed by atoms with van der Waals surface area (Å²) in [6, 6.07) is 36.8. The lowest BCUT2D eigenvalue weighted by atomic mass is 9.87. The molecule has 5 rings (SSSR count). The topological polar surface area (TPSA) is 80.3 Å². The number of hydrogen-bond acceptors (Lipinski definition) is 7. The molecule has 0 aromatic heterocycles. The predicted octanol–water partition coefficient (Wildman–Crippen LogP) is 7.34. The Bertz CT molecular complexity index is 1650. The molecule has 4 unspecified atom stereocenters. The summed E-state index contributed by atoms with van der Waals surface area (Å²) in [4.78, 5) is 0. The van der Waals surface area contributed by atoms with E-state index in [1.807, 2.05) is 97.1 Å². The molecule has 0 saturated heterocycles. The van der Waals surface area contributed by atoms with Crippen LogP contribution in [0.1, 0.15) is 22.3 Å². The summed E-state index contributed by atoms with van der Waals surface area (Å²) in [6.45, 7) is 0.284. The molecular formula is C36H35F3O7S. The van der Waals surface area contributed by atoms with Gasteiger partial charge in [0.2, 0.25) is 0 Å². The van der Waals surface area contributed by atoms with Gasteiger partial charge in [-0.15, -0.1) is 0 Å². The van der Waals surface area contributed by atoms with Crippen LogP contribution in [-0.2, 0) is 59.7 Å². The van der Waals surface area contributed by atoms with E-state index in [0.717, 1.165) is 16.7 Å². The van der Waals surface area contributed by atoms with E-state index in [0.29, 0.717) is 5.56 Å². The zero-order chi connectivity index (χ0) is 33.1. The van der Waals surface area contributed by atoms with Crippen molar-refractivity contribution in [1.29, 1.82) is 0 Å². The quantitative estimate of drug-likeness (QED) is 0.0969. The molecule has 0 saturated carbocycles. The Balaban J connectivity index is 1.52. The lowest BCUT2D eigenvalue weighted by Gasteiger charge is -2.41. The summed E-state index contributed by atoms with van der Waals surface area (Å²) < 4.78 is 95.6. The highest BCUT2D eigenvalue weighted by Crippen LogP contribution is 2.37. The monoisotopic (exact) mass is 668 g/mol. The van der Waals surface area contributed by atoms with Gasteiger partial charge in [0.1, 0.15) is 18.0 Å². The summed E-state index contributed by atoms with van der Waals surface area (Å²) >= 11 is 0. The van der Waals surface area contributed by atoms with Crippen LogP contribution in [-0.4, -0.2) is 38.8 Å². The molecule has 1 aliphatic rings. The normalized spacial score (nSPS) is 20.0. The number of halogens is 3. The van der Waals surface area contributed by atoms with Gasteiger partial charge in [0.15, 0.2) is 0 Å². The first-order valence-electron chi connectivity index (χ1n) is 15.0. The standard InChI is InChI=1S/C36H35F3O7S/c37-36(38,39)47(40,41)46-32-21-31(26-42-22-27-13-5-1-6-14-27)33(43-23-28-15-7-2-8-16-28)35(45-25-30-19-11-4-12-20-30)34(32)44-24-29-17-9-3-10-18-29/h1-21,31,33-35H,22-26H2. The predicted molar refractivity (Wildman–Crippen MR) is 169 cm³/mol. The highest BCUT2D eigenvalue weighted by atomic mass is 32.2. The van der Waals surface area contributed by atoms with Crippen molar-refractivity contribution < 1.29 is 44.7 Å². The fourth-order valence-electron chi connectivity index (χ4n) is 5.13. The van der Waals surface area contributed by atoms with Gasteiger partial charge in [-0.1, -0.05) is 121 Å². The summed E-state index contributed by atoms with van der Waals surface area (Å²) in [7, 11) is -6.05. The van der Waals surface area contributed by atoms with E-state index in [9.17, 15) is 21.6 Å². The molecule has 4 aromatic rings. The van der Waals surface area contributed by atoms with E-state index in [1.54, 1.807) is 24.3 Å². The lowest BCUT2D eigenvalue weighted by Crippen LogP contribution is -2.52. The van der Waals surface area contributed by atoms with Crippen molar-refractivity contribution in [2.45, 2.75) is 50.2 Å². The van der Waals surface area contributed by atoms with Gasteiger partial charge in [-0.25, -0.2) is 0 Å². The fraction of sp³-hybridized carbons (Fsp3) is 0.278. The van der Waals surface area contributed by atoms with Gasteiger partial charge < -0.3 is 23.1 Å².